The second-order valence-electron chi connectivity index (χ2n) is 6.41. The van der Waals surface area contributed by atoms with E-state index in [1.54, 1.807) is 49.4 Å². The number of cyclic esters (lactones) is 1. The Morgan fingerprint density at radius 2 is 1.75 bits per heavy atom. The van der Waals surface area contributed by atoms with Crippen LogP contribution in [0.5, 0.6) is 0 Å². The summed E-state index contributed by atoms with van der Waals surface area (Å²) < 4.78 is 37.3. The zero-order chi connectivity index (χ0) is 20.3. The molecule has 1 amide bonds. The van der Waals surface area contributed by atoms with Crippen molar-refractivity contribution in [1.82, 2.24) is 4.31 Å². The molecular formula is C20H21NO6S. The van der Waals surface area contributed by atoms with Crippen molar-refractivity contribution in [2.45, 2.75) is 37.3 Å². The lowest BCUT2D eigenvalue weighted by atomic mass is 10.0. The molecule has 3 rings (SSSR count). The second-order valence-corrected chi connectivity index (χ2v) is 8.22. The maximum atomic E-state index is 13.2. The predicted octanol–water partition coefficient (Wildman–Crippen LogP) is 3.20. The van der Waals surface area contributed by atoms with Gasteiger partial charge in [0.1, 0.15) is 6.04 Å². The van der Waals surface area contributed by atoms with Gasteiger partial charge in [0, 0.05) is 0 Å². The third-order valence-electron chi connectivity index (χ3n) is 4.45. The van der Waals surface area contributed by atoms with Crippen LogP contribution in [0.1, 0.15) is 30.6 Å². The minimum Gasteiger partial charge on any atom is -0.466 e. The van der Waals surface area contributed by atoms with Gasteiger partial charge in [-0.3, -0.25) is 4.79 Å². The Balaban J connectivity index is 2.02. The first-order valence-corrected chi connectivity index (χ1v) is 10.3. The number of hydrogen-bond acceptors (Lipinski definition) is 6. The summed E-state index contributed by atoms with van der Waals surface area (Å²) in [5, 5.41) is 0. The zero-order valence-electron chi connectivity index (χ0n) is 15.6. The van der Waals surface area contributed by atoms with Crippen LogP contribution in [-0.4, -0.2) is 37.4 Å². The number of carbonyl (C=O) groups is 2. The number of nitrogens with zero attached hydrogens (tertiary/aromatic N) is 1. The van der Waals surface area contributed by atoms with Crippen LogP contribution in [0.15, 0.2) is 59.5 Å². The maximum absolute atomic E-state index is 13.2. The lowest BCUT2D eigenvalue weighted by Crippen LogP contribution is -2.41. The molecule has 0 aromatic heterocycles. The van der Waals surface area contributed by atoms with E-state index in [0.29, 0.717) is 9.87 Å². The molecule has 0 aliphatic carbocycles. The smallest absolute Gasteiger partial charge is 0.424 e. The minimum atomic E-state index is -4.20. The molecule has 28 heavy (non-hydrogen) atoms. The summed E-state index contributed by atoms with van der Waals surface area (Å²) in [5.41, 5.74) is 1.49. The largest absolute Gasteiger partial charge is 0.466 e. The molecule has 1 aliphatic rings. The van der Waals surface area contributed by atoms with Crippen LogP contribution in [0.4, 0.5) is 4.79 Å². The number of esters is 1. The predicted molar refractivity (Wildman–Crippen MR) is 101 cm³/mol. The molecule has 1 fully saturated rings. The molecule has 0 unspecified atom stereocenters. The Morgan fingerprint density at radius 1 is 1.11 bits per heavy atom. The summed E-state index contributed by atoms with van der Waals surface area (Å²) >= 11 is 0. The van der Waals surface area contributed by atoms with Gasteiger partial charge in [-0.1, -0.05) is 48.0 Å². The molecule has 2 atom stereocenters. The van der Waals surface area contributed by atoms with Gasteiger partial charge in [0.05, 0.1) is 17.9 Å². The molecule has 1 aliphatic heterocycles. The van der Waals surface area contributed by atoms with Gasteiger partial charge < -0.3 is 9.47 Å². The SMILES string of the molecule is CCOC(=O)C[C@@H]1[C@@H](c2ccccc2)OC(=O)N1S(=O)(=O)c1ccc(C)cc1. The van der Waals surface area contributed by atoms with Crippen molar-refractivity contribution in [2.24, 2.45) is 0 Å². The van der Waals surface area contributed by atoms with Gasteiger partial charge in [-0.2, -0.15) is 4.31 Å². The third-order valence-corrected chi connectivity index (χ3v) is 6.25. The average molecular weight is 403 g/mol. The van der Waals surface area contributed by atoms with Gasteiger partial charge in [-0.15, -0.1) is 0 Å². The first-order valence-electron chi connectivity index (χ1n) is 8.87. The Bertz CT molecular complexity index is 956. The first-order chi connectivity index (χ1) is 13.3. The van der Waals surface area contributed by atoms with Crippen molar-refractivity contribution in [3.8, 4) is 0 Å². The molecule has 0 radical (unpaired) electrons. The topological polar surface area (TPSA) is 90.0 Å². The van der Waals surface area contributed by atoms with Gasteiger partial charge in [0.25, 0.3) is 10.0 Å². The van der Waals surface area contributed by atoms with Crippen molar-refractivity contribution >= 4 is 22.1 Å². The monoisotopic (exact) mass is 403 g/mol. The molecule has 148 valence electrons. The number of benzene rings is 2. The van der Waals surface area contributed by atoms with Crippen molar-refractivity contribution in [2.75, 3.05) is 6.61 Å². The Hall–Kier alpha value is -2.87. The molecule has 7 nitrogen and oxygen atoms in total. The Labute approximate surface area is 163 Å². The Kier molecular flexibility index (Phi) is 5.69. The summed E-state index contributed by atoms with van der Waals surface area (Å²) in [6.07, 6.45) is -2.22. The van der Waals surface area contributed by atoms with Crippen LogP contribution in [0.25, 0.3) is 0 Å². The van der Waals surface area contributed by atoms with E-state index in [1.165, 1.54) is 12.1 Å². The third kappa shape index (κ3) is 3.87. The van der Waals surface area contributed by atoms with Crippen LogP contribution >= 0.6 is 0 Å². The molecule has 1 heterocycles. The minimum absolute atomic E-state index is 0.0439. The summed E-state index contributed by atoms with van der Waals surface area (Å²) in [4.78, 5) is 24.6. The summed E-state index contributed by atoms with van der Waals surface area (Å²) in [5.74, 6) is -0.601. The highest BCUT2D eigenvalue weighted by Crippen LogP contribution is 2.38. The van der Waals surface area contributed by atoms with E-state index >= 15 is 0 Å². The van der Waals surface area contributed by atoms with Crippen LogP contribution in [-0.2, 0) is 24.3 Å². The molecule has 0 saturated carbocycles. The summed E-state index contributed by atoms with van der Waals surface area (Å²) in [6.45, 7) is 3.64. The molecule has 2 aromatic carbocycles. The van der Waals surface area contributed by atoms with E-state index in [0.717, 1.165) is 5.56 Å². The number of aryl methyl sites for hydroxylation is 1. The number of ether oxygens (including phenoxy) is 2. The van der Waals surface area contributed by atoms with Crippen molar-refractivity contribution in [3.63, 3.8) is 0 Å². The van der Waals surface area contributed by atoms with Crippen molar-refractivity contribution < 1.29 is 27.5 Å². The lowest BCUT2D eigenvalue weighted by molar-refractivity contribution is -0.144. The van der Waals surface area contributed by atoms with Gasteiger partial charge in [0.2, 0.25) is 0 Å². The fourth-order valence-electron chi connectivity index (χ4n) is 3.11. The normalized spacial score (nSPS) is 19.4. The van der Waals surface area contributed by atoms with E-state index in [2.05, 4.69) is 0 Å². The number of amides is 1. The Morgan fingerprint density at radius 3 is 2.36 bits per heavy atom. The van der Waals surface area contributed by atoms with Crippen LogP contribution in [0.2, 0.25) is 0 Å². The second kappa shape index (κ2) is 8.02. The molecule has 8 heteroatoms. The molecule has 2 aromatic rings. The highest BCUT2D eigenvalue weighted by Gasteiger charge is 2.50. The molecule has 0 N–H and O–H groups in total. The van der Waals surface area contributed by atoms with Crippen LogP contribution < -0.4 is 0 Å². The highest BCUT2D eigenvalue weighted by atomic mass is 32.2. The number of carbonyl (C=O) groups excluding carboxylic acids is 2. The summed E-state index contributed by atoms with van der Waals surface area (Å²) in [6, 6.07) is 13.8. The van der Waals surface area contributed by atoms with Crippen molar-refractivity contribution in [1.29, 1.82) is 0 Å². The number of rotatable bonds is 6. The zero-order valence-corrected chi connectivity index (χ0v) is 16.4. The van der Waals surface area contributed by atoms with Crippen LogP contribution in [0.3, 0.4) is 0 Å². The fourth-order valence-corrected chi connectivity index (χ4v) is 4.60. The summed E-state index contributed by atoms with van der Waals surface area (Å²) in [7, 11) is -4.20. The highest BCUT2D eigenvalue weighted by molar-refractivity contribution is 7.89. The van der Waals surface area contributed by atoms with Gasteiger partial charge in [-0.25, -0.2) is 13.2 Å². The fraction of sp³-hybridized carbons (Fsp3) is 0.300. The molecular weight excluding hydrogens is 382 g/mol. The van der Waals surface area contributed by atoms with E-state index < -0.39 is 34.2 Å². The van der Waals surface area contributed by atoms with Crippen molar-refractivity contribution in [3.05, 3.63) is 65.7 Å². The van der Waals surface area contributed by atoms with E-state index in [9.17, 15) is 18.0 Å². The number of hydrogen-bond donors (Lipinski definition) is 0. The van der Waals surface area contributed by atoms with Gasteiger partial charge >= 0.3 is 12.1 Å². The average Bonchev–Trinajstić information content (AvgIpc) is 2.99. The van der Waals surface area contributed by atoms with E-state index in [1.807, 2.05) is 6.92 Å². The molecule has 0 spiro atoms. The maximum Gasteiger partial charge on any atom is 0.424 e. The first kappa shape index (κ1) is 19.9. The lowest BCUT2D eigenvalue weighted by Gasteiger charge is -2.23. The van der Waals surface area contributed by atoms with Crippen LogP contribution in [0, 0.1) is 6.92 Å². The molecule has 1 saturated heterocycles. The number of sulfonamides is 1. The van der Waals surface area contributed by atoms with Gasteiger partial charge in [0.15, 0.2) is 6.10 Å². The quantitative estimate of drug-likeness (QED) is 0.688. The standard InChI is InChI=1S/C20H21NO6S/c1-3-26-18(22)13-17-19(15-7-5-4-6-8-15)27-20(23)21(17)28(24,25)16-11-9-14(2)10-12-16/h4-12,17,19H,3,13H2,1-2H3/t17-,19-/m1/s1. The van der Waals surface area contributed by atoms with Gasteiger partial charge in [-0.05, 0) is 31.5 Å². The molecule has 0 bridgehead atoms. The van der Waals surface area contributed by atoms with E-state index in [4.69, 9.17) is 9.47 Å². The van der Waals surface area contributed by atoms with E-state index in [-0.39, 0.29) is 17.9 Å².